The lowest BCUT2D eigenvalue weighted by Crippen LogP contribution is -2.05. The van der Waals surface area contributed by atoms with Gasteiger partial charge < -0.3 is 46.0 Å². The molecule has 0 fully saturated rings. The molecular weight excluding hydrogens is 270 g/mol. The SMILES string of the molecule is CCC(C)(C)CC.O=[N+]([O-])[O-].O=[N+]([O-])[O-].O=[N+]([O-])[O-]. The van der Waals surface area contributed by atoms with Crippen LogP contribution in [0.2, 0.25) is 0 Å². The van der Waals surface area contributed by atoms with E-state index < -0.39 is 15.3 Å². The zero-order chi connectivity index (χ0) is 16.6. The van der Waals surface area contributed by atoms with E-state index in [0.29, 0.717) is 5.41 Å². The number of hydrogen-bond donors (Lipinski definition) is 0. The fraction of sp³-hybridized carbons (Fsp3) is 1.00. The molecular formula is C7H16N3O9-3. The summed E-state index contributed by atoms with van der Waals surface area (Å²) >= 11 is 0. The molecule has 0 radical (unpaired) electrons. The Bertz CT molecular complexity index is 210. The van der Waals surface area contributed by atoms with Gasteiger partial charge in [0.2, 0.25) is 0 Å². The van der Waals surface area contributed by atoms with Crippen molar-refractivity contribution in [3.05, 3.63) is 46.0 Å². The smallest absolute Gasteiger partial charge is 0.0689 e. The number of hydrogen-bond acceptors (Lipinski definition) is 9. The molecule has 12 nitrogen and oxygen atoms in total. The fourth-order valence-electron chi connectivity index (χ4n) is 0.250. The second kappa shape index (κ2) is 15.6. The van der Waals surface area contributed by atoms with Gasteiger partial charge in [0.1, 0.15) is 0 Å². The van der Waals surface area contributed by atoms with Crippen LogP contribution in [0.3, 0.4) is 0 Å². The molecule has 0 unspecified atom stereocenters. The van der Waals surface area contributed by atoms with Crippen LogP contribution in [0.1, 0.15) is 40.5 Å². The third kappa shape index (κ3) is 223. The minimum absolute atomic E-state index is 0.583. The van der Waals surface area contributed by atoms with E-state index >= 15 is 0 Å². The van der Waals surface area contributed by atoms with Gasteiger partial charge in [0.25, 0.3) is 0 Å². The lowest BCUT2D eigenvalue weighted by molar-refractivity contribution is -0.403. The highest BCUT2D eigenvalue weighted by Crippen LogP contribution is 2.22. The second-order valence-electron chi connectivity index (χ2n) is 3.54. The quantitative estimate of drug-likeness (QED) is 0.538. The number of rotatable bonds is 2. The molecule has 0 amide bonds. The van der Waals surface area contributed by atoms with Gasteiger partial charge in [-0.15, -0.1) is 0 Å². The molecule has 0 aromatic carbocycles. The third-order valence-corrected chi connectivity index (χ3v) is 1.91. The van der Waals surface area contributed by atoms with E-state index in [4.69, 9.17) is 46.0 Å². The summed E-state index contributed by atoms with van der Waals surface area (Å²) in [4.78, 5) is 24.8. The summed E-state index contributed by atoms with van der Waals surface area (Å²) in [7, 11) is 0. The van der Waals surface area contributed by atoms with Crippen LogP contribution >= 0.6 is 0 Å². The Morgan fingerprint density at radius 3 is 0.789 bits per heavy atom. The van der Waals surface area contributed by atoms with Crippen LogP contribution in [0.15, 0.2) is 0 Å². The van der Waals surface area contributed by atoms with Crippen molar-refractivity contribution in [3.63, 3.8) is 0 Å². The predicted octanol–water partition coefficient (Wildman–Crippen LogP) is 2.12. The van der Waals surface area contributed by atoms with E-state index in [2.05, 4.69) is 27.7 Å². The summed E-state index contributed by atoms with van der Waals surface area (Å²) in [5.41, 5.74) is 0.583. The fourth-order valence-corrected chi connectivity index (χ4v) is 0.250. The van der Waals surface area contributed by atoms with E-state index in [-0.39, 0.29) is 0 Å². The Morgan fingerprint density at radius 2 is 0.789 bits per heavy atom. The van der Waals surface area contributed by atoms with Crippen molar-refractivity contribution in [1.82, 2.24) is 0 Å². The van der Waals surface area contributed by atoms with Crippen LogP contribution in [0.5, 0.6) is 0 Å². The van der Waals surface area contributed by atoms with Crippen LogP contribution in [-0.2, 0) is 0 Å². The second-order valence-corrected chi connectivity index (χ2v) is 3.54. The van der Waals surface area contributed by atoms with Crippen molar-refractivity contribution >= 4 is 0 Å². The minimum atomic E-state index is -1.75. The maximum Gasteiger partial charge on any atom is 0.0689 e. The molecule has 12 heteroatoms. The van der Waals surface area contributed by atoms with E-state index in [1.807, 2.05) is 0 Å². The highest BCUT2D eigenvalue weighted by atomic mass is 16.9. The van der Waals surface area contributed by atoms with Crippen LogP contribution in [0.25, 0.3) is 0 Å². The molecule has 0 heterocycles. The summed E-state index contributed by atoms with van der Waals surface area (Å²) in [5.74, 6) is 0. The van der Waals surface area contributed by atoms with Gasteiger partial charge in [0, 0.05) is 0 Å². The van der Waals surface area contributed by atoms with Gasteiger partial charge in [0.05, 0.1) is 15.3 Å². The standard InChI is InChI=1S/C7H16.3NO3/c1-5-7(3,4)6-2;3*2-1(3)4/h5-6H2,1-4H3;;;/q;3*-1. The van der Waals surface area contributed by atoms with Crippen LogP contribution in [0, 0.1) is 51.4 Å². The molecule has 0 N–H and O–H groups in total. The molecule has 0 atom stereocenters. The predicted molar refractivity (Wildman–Crippen MR) is 65.4 cm³/mol. The van der Waals surface area contributed by atoms with Gasteiger partial charge in [-0.1, -0.05) is 40.5 Å². The average molecular weight is 286 g/mol. The molecule has 0 saturated heterocycles. The average Bonchev–Trinajstić information content (AvgIpc) is 2.15. The van der Waals surface area contributed by atoms with Gasteiger partial charge in [-0.05, 0) is 5.41 Å². The van der Waals surface area contributed by atoms with Crippen molar-refractivity contribution in [3.8, 4) is 0 Å². The third-order valence-electron chi connectivity index (χ3n) is 1.91. The van der Waals surface area contributed by atoms with Crippen LogP contribution < -0.4 is 0 Å². The summed E-state index contributed by atoms with van der Waals surface area (Å²) in [6.07, 6.45) is 2.59. The van der Waals surface area contributed by atoms with E-state index in [1.165, 1.54) is 12.8 Å². The van der Waals surface area contributed by atoms with Crippen molar-refractivity contribution in [1.29, 1.82) is 0 Å². The Labute approximate surface area is 108 Å². The molecule has 0 spiro atoms. The topological polar surface area (TPSA) is 199 Å². The van der Waals surface area contributed by atoms with E-state index in [9.17, 15) is 0 Å². The molecule has 0 aliphatic carbocycles. The molecule has 0 aliphatic heterocycles. The lowest BCUT2D eigenvalue weighted by atomic mass is 9.88. The van der Waals surface area contributed by atoms with Gasteiger partial charge in [-0.2, -0.15) is 0 Å². The van der Waals surface area contributed by atoms with Gasteiger partial charge in [-0.3, -0.25) is 0 Å². The van der Waals surface area contributed by atoms with Gasteiger partial charge in [-0.25, -0.2) is 0 Å². The summed E-state index contributed by atoms with van der Waals surface area (Å²) in [6, 6.07) is 0. The first kappa shape index (κ1) is 25.4. The van der Waals surface area contributed by atoms with Gasteiger partial charge >= 0.3 is 0 Å². The summed E-state index contributed by atoms with van der Waals surface area (Å²) in [6.45, 7) is 9.08. The van der Waals surface area contributed by atoms with Crippen molar-refractivity contribution in [2.75, 3.05) is 0 Å². The first-order chi connectivity index (χ1) is 8.32. The summed E-state index contributed by atoms with van der Waals surface area (Å²) < 4.78 is 0. The Balaban J connectivity index is -0.0000000825. The Hall–Kier alpha value is -2.40. The first-order valence-electron chi connectivity index (χ1n) is 4.76. The molecule has 0 bridgehead atoms. The Kier molecular flexibility index (Phi) is 20.9. The molecule has 0 aliphatic rings. The van der Waals surface area contributed by atoms with Crippen LogP contribution in [-0.4, -0.2) is 15.3 Å². The van der Waals surface area contributed by atoms with E-state index in [1.54, 1.807) is 0 Å². The molecule has 19 heavy (non-hydrogen) atoms. The lowest BCUT2D eigenvalue weighted by Gasteiger charge is -2.18. The molecule has 0 aromatic heterocycles. The molecule has 0 saturated carbocycles. The van der Waals surface area contributed by atoms with Crippen LogP contribution in [0.4, 0.5) is 0 Å². The van der Waals surface area contributed by atoms with Crippen molar-refractivity contribution in [2.45, 2.75) is 40.5 Å². The van der Waals surface area contributed by atoms with Gasteiger partial charge in [0.15, 0.2) is 0 Å². The highest BCUT2D eigenvalue weighted by molar-refractivity contribution is 4.61. The molecule has 116 valence electrons. The highest BCUT2D eigenvalue weighted by Gasteiger charge is 2.09. The zero-order valence-corrected chi connectivity index (χ0v) is 10.9. The normalized spacial score (nSPS) is 8.21. The molecule has 0 rings (SSSR count). The minimum Gasteiger partial charge on any atom is -0.356 e. The summed E-state index contributed by atoms with van der Waals surface area (Å²) in [5, 5.41) is 44.2. The van der Waals surface area contributed by atoms with Crippen molar-refractivity contribution in [2.24, 2.45) is 5.41 Å². The first-order valence-corrected chi connectivity index (χ1v) is 4.76. The number of nitrogens with zero attached hydrogens (tertiary/aromatic N) is 3. The zero-order valence-electron chi connectivity index (χ0n) is 10.9. The molecule has 0 aromatic rings. The van der Waals surface area contributed by atoms with E-state index in [0.717, 1.165) is 0 Å². The Morgan fingerprint density at radius 1 is 0.684 bits per heavy atom. The largest absolute Gasteiger partial charge is 0.356 e. The maximum absolute atomic E-state index is 8.25. The monoisotopic (exact) mass is 286 g/mol. The van der Waals surface area contributed by atoms with Crippen molar-refractivity contribution < 1.29 is 15.3 Å². The maximum atomic E-state index is 8.25.